The molecule has 0 aliphatic carbocycles. The van der Waals surface area contributed by atoms with E-state index in [4.69, 9.17) is 0 Å². The maximum absolute atomic E-state index is 11.5. The molecule has 0 saturated heterocycles. The summed E-state index contributed by atoms with van der Waals surface area (Å²) in [5.41, 5.74) is 1.18. The second-order valence-electron chi connectivity index (χ2n) is 5.13. The molecule has 1 aromatic rings. The Bertz CT molecular complexity index is 515. The fourth-order valence-electron chi connectivity index (χ4n) is 1.93. The van der Waals surface area contributed by atoms with Crippen LogP contribution < -0.4 is 5.32 Å². The van der Waals surface area contributed by atoms with Crippen LogP contribution in [-0.2, 0) is 18.4 Å². The van der Waals surface area contributed by atoms with Gasteiger partial charge in [0.05, 0.1) is 6.54 Å². The van der Waals surface area contributed by atoms with E-state index in [0.29, 0.717) is 13.0 Å². The molecule has 0 fully saturated rings. The van der Waals surface area contributed by atoms with Gasteiger partial charge in [-0.05, 0) is 22.0 Å². The first-order valence-electron chi connectivity index (χ1n) is 6.77. The minimum atomic E-state index is 0. The van der Waals surface area contributed by atoms with Crippen LogP contribution in [0.2, 0.25) is 0 Å². The zero-order valence-electron chi connectivity index (χ0n) is 13.8. The summed E-state index contributed by atoms with van der Waals surface area (Å²) in [6.45, 7) is 1.31. The van der Waals surface area contributed by atoms with Crippen molar-refractivity contribution in [3.8, 4) is 0 Å². The van der Waals surface area contributed by atoms with Gasteiger partial charge in [0, 0.05) is 64.6 Å². The molecule has 1 amide bonds. The number of nitrogens with zero attached hydrogens (tertiary/aromatic N) is 4. The number of hydrogen-bond donors (Lipinski definition) is 1. The van der Waals surface area contributed by atoms with Gasteiger partial charge in [0.2, 0.25) is 5.91 Å². The van der Waals surface area contributed by atoms with E-state index < -0.39 is 0 Å². The van der Waals surface area contributed by atoms with Crippen molar-refractivity contribution in [3.05, 3.63) is 22.4 Å². The van der Waals surface area contributed by atoms with Crippen LogP contribution in [0.25, 0.3) is 0 Å². The number of carbonyl (C=O) groups excluding carboxylic acids is 1. The zero-order chi connectivity index (χ0) is 16.0. The first kappa shape index (κ1) is 21.2. The lowest BCUT2D eigenvalue weighted by Gasteiger charge is -2.22. The van der Waals surface area contributed by atoms with Gasteiger partial charge in [0.15, 0.2) is 5.96 Å². The van der Waals surface area contributed by atoms with Crippen LogP contribution in [-0.4, -0.2) is 61.0 Å². The average molecular weight is 486 g/mol. The number of hydrogen-bond acceptors (Lipinski definition) is 2. The van der Waals surface area contributed by atoms with Crippen molar-refractivity contribution in [2.75, 3.05) is 34.7 Å². The normalized spacial score (nSPS) is 10.9. The molecule has 1 N–H and O–H groups in total. The van der Waals surface area contributed by atoms with E-state index in [1.54, 1.807) is 26.0 Å². The van der Waals surface area contributed by atoms with Crippen LogP contribution in [0.3, 0.4) is 0 Å². The maximum Gasteiger partial charge on any atom is 0.223 e. The standard InChI is InChI=1S/C14H24BrN5O.HI/c1-16-14(17-7-6-13(21)18(2)3)20(5)10-12-8-11(15)9-19(12)4;/h8-9H,6-7,10H2,1-5H3,(H,16,17);1H. The van der Waals surface area contributed by atoms with Gasteiger partial charge in [0.1, 0.15) is 0 Å². The Kier molecular flexibility index (Phi) is 9.74. The molecule has 0 unspecified atom stereocenters. The lowest BCUT2D eigenvalue weighted by Crippen LogP contribution is -2.40. The number of rotatable bonds is 5. The summed E-state index contributed by atoms with van der Waals surface area (Å²) in [6.07, 6.45) is 2.48. The van der Waals surface area contributed by atoms with Crippen molar-refractivity contribution in [2.45, 2.75) is 13.0 Å². The Morgan fingerprint density at radius 1 is 1.41 bits per heavy atom. The summed E-state index contributed by atoms with van der Waals surface area (Å²) in [5.74, 6) is 0.880. The molecule has 0 aliphatic heterocycles. The van der Waals surface area contributed by atoms with E-state index in [1.165, 1.54) is 5.69 Å². The third kappa shape index (κ3) is 6.55. The van der Waals surface area contributed by atoms with Crippen LogP contribution in [0, 0.1) is 0 Å². The van der Waals surface area contributed by atoms with Crippen molar-refractivity contribution >= 4 is 51.8 Å². The molecule has 0 aliphatic rings. The van der Waals surface area contributed by atoms with Gasteiger partial charge < -0.3 is 19.7 Å². The number of nitrogens with one attached hydrogen (secondary N) is 1. The molecule has 0 aromatic carbocycles. The highest BCUT2D eigenvalue weighted by atomic mass is 127. The minimum absolute atomic E-state index is 0. The number of carbonyl (C=O) groups is 1. The lowest BCUT2D eigenvalue weighted by molar-refractivity contribution is -0.128. The highest BCUT2D eigenvalue weighted by Gasteiger charge is 2.10. The SMILES string of the molecule is CN=C(NCCC(=O)N(C)C)N(C)Cc1cc(Br)cn1C.I. The largest absolute Gasteiger partial charge is 0.356 e. The molecule has 0 radical (unpaired) electrons. The van der Waals surface area contributed by atoms with Gasteiger partial charge in [-0.15, -0.1) is 24.0 Å². The monoisotopic (exact) mass is 485 g/mol. The second-order valence-corrected chi connectivity index (χ2v) is 6.04. The first-order chi connectivity index (χ1) is 9.85. The van der Waals surface area contributed by atoms with Gasteiger partial charge >= 0.3 is 0 Å². The van der Waals surface area contributed by atoms with Crippen molar-refractivity contribution in [2.24, 2.45) is 12.0 Å². The molecule has 0 saturated carbocycles. The number of amides is 1. The Balaban J connectivity index is 0.00000441. The number of aromatic nitrogens is 1. The van der Waals surface area contributed by atoms with Crippen molar-refractivity contribution in [1.29, 1.82) is 0 Å². The minimum Gasteiger partial charge on any atom is -0.356 e. The molecular weight excluding hydrogens is 461 g/mol. The molecule has 22 heavy (non-hydrogen) atoms. The highest BCUT2D eigenvalue weighted by Crippen LogP contribution is 2.14. The third-order valence-electron chi connectivity index (χ3n) is 3.17. The van der Waals surface area contributed by atoms with Crippen molar-refractivity contribution < 1.29 is 4.79 Å². The number of halogens is 2. The van der Waals surface area contributed by atoms with E-state index in [1.807, 2.05) is 25.2 Å². The summed E-state index contributed by atoms with van der Waals surface area (Å²) in [7, 11) is 9.25. The van der Waals surface area contributed by atoms with E-state index in [9.17, 15) is 4.79 Å². The number of aryl methyl sites for hydroxylation is 1. The zero-order valence-corrected chi connectivity index (χ0v) is 17.7. The molecule has 0 bridgehead atoms. The van der Waals surface area contributed by atoms with Crippen LogP contribution in [0.1, 0.15) is 12.1 Å². The second kappa shape index (κ2) is 10.1. The predicted molar refractivity (Wildman–Crippen MR) is 105 cm³/mol. The number of aliphatic imine (C=N–C) groups is 1. The van der Waals surface area contributed by atoms with Crippen LogP contribution in [0.15, 0.2) is 21.7 Å². The average Bonchev–Trinajstić information content (AvgIpc) is 2.72. The molecule has 1 heterocycles. The topological polar surface area (TPSA) is 52.9 Å². The van der Waals surface area contributed by atoms with Gasteiger partial charge in [-0.2, -0.15) is 0 Å². The molecular formula is C14H25BrIN5O. The Hall–Kier alpha value is -0.770. The Morgan fingerprint density at radius 2 is 2.05 bits per heavy atom. The molecule has 0 atom stereocenters. The summed E-state index contributed by atoms with van der Waals surface area (Å²) in [4.78, 5) is 19.4. The summed E-state index contributed by atoms with van der Waals surface area (Å²) >= 11 is 3.47. The molecule has 6 nitrogen and oxygen atoms in total. The van der Waals surface area contributed by atoms with Crippen LogP contribution in [0.4, 0.5) is 0 Å². The first-order valence-corrected chi connectivity index (χ1v) is 7.57. The molecule has 1 rings (SSSR count). The van der Waals surface area contributed by atoms with Crippen LogP contribution in [0.5, 0.6) is 0 Å². The van der Waals surface area contributed by atoms with E-state index >= 15 is 0 Å². The summed E-state index contributed by atoms with van der Waals surface area (Å²) < 4.78 is 3.14. The van der Waals surface area contributed by atoms with Gasteiger partial charge in [-0.25, -0.2) is 0 Å². The third-order valence-corrected chi connectivity index (χ3v) is 3.60. The lowest BCUT2D eigenvalue weighted by atomic mass is 10.3. The maximum atomic E-state index is 11.5. The fraction of sp³-hybridized carbons (Fsp3) is 0.571. The Labute approximate surface area is 158 Å². The molecule has 0 spiro atoms. The highest BCUT2D eigenvalue weighted by molar-refractivity contribution is 14.0. The van der Waals surface area contributed by atoms with E-state index in [0.717, 1.165) is 17.0 Å². The van der Waals surface area contributed by atoms with Gasteiger partial charge in [-0.1, -0.05) is 0 Å². The van der Waals surface area contributed by atoms with Crippen molar-refractivity contribution in [1.82, 2.24) is 19.7 Å². The fourth-order valence-corrected chi connectivity index (χ4v) is 2.50. The van der Waals surface area contributed by atoms with Crippen LogP contribution >= 0.6 is 39.9 Å². The van der Waals surface area contributed by atoms with Crippen molar-refractivity contribution in [3.63, 3.8) is 0 Å². The van der Waals surface area contributed by atoms with Gasteiger partial charge in [-0.3, -0.25) is 9.79 Å². The van der Waals surface area contributed by atoms with Gasteiger partial charge in [0.25, 0.3) is 0 Å². The van der Waals surface area contributed by atoms with E-state index in [2.05, 4.69) is 36.9 Å². The summed E-state index contributed by atoms with van der Waals surface area (Å²) in [5, 5.41) is 3.21. The molecule has 126 valence electrons. The molecule has 8 heteroatoms. The smallest absolute Gasteiger partial charge is 0.223 e. The molecule has 1 aromatic heterocycles. The quantitative estimate of drug-likeness (QED) is 0.393. The Morgan fingerprint density at radius 3 is 2.50 bits per heavy atom. The predicted octanol–water partition coefficient (Wildman–Crippen LogP) is 1.89. The number of guanidine groups is 1. The summed E-state index contributed by atoms with van der Waals surface area (Å²) in [6, 6.07) is 2.08. The van der Waals surface area contributed by atoms with E-state index in [-0.39, 0.29) is 29.9 Å².